The Morgan fingerprint density at radius 2 is 2.00 bits per heavy atom. The van der Waals surface area contributed by atoms with E-state index >= 15 is 0 Å². The van der Waals surface area contributed by atoms with Gasteiger partial charge in [0.1, 0.15) is 6.21 Å². The number of phenols is 1. The first kappa shape index (κ1) is 21.4. The fourth-order valence-electron chi connectivity index (χ4n) is 3.86. The van der Waals surface area contributed by atoms with Crippen molar-refractivity contribution in [3.63, 3.8) is 0 Å². The van der Waals surface area contributed by atoms with Gasteiger partial charge in [0.05, 0.1) is 7.11 Å². The maximum atomic E-state index is 12.1. The van der Waals surface area contributed by atoms with E-state index in [1.807, 2.05) is 37.3 Å². The minimum Gasteiger partial charge on any atom is -0.504 e. The monoisotopic (exact) mass is 409 g/mol. The smallest absolute Gasteiger partial charge is 0.226 e. The molecule has 0 bridgehead atoms. The minimum absolute atomic E-state index is 0.0466. The molecule has 1 amide bonds. The molecule has 0 saturated heterocycles. The van der Waals surface area contributed by atoms with Crippen molar-refractivity contribution < 1.29 is 19.6 Å². The van der Waals surface area contributed by atoms with Crippen LogP contribution >= 0.6 is 0 Å². The van der Waals surface area contributed by atoms with Crippen LogP contribution in [0, 0.1) is 5.92 Å². The van der Waals surface area contributed by atoms with Crippen LogP contribution in [0.5, 0.6) is 11.5 Å². The van der Waals surface area contributed by atoms with Crippen LogP contribution in [0.1, 0.15) is 31.7 Å². The molecule has 158 valence electrons. The summed E-state index contributed by atoms with van der Waals surface area (Å²) in [5, 5.41) is 16.4. The SMILES string of the molecule is CCNC(=O)[C@H]1CCC([NH+]=C(C=NN)c2ccc(-c3ccc(O)c(OC)c3)cc2)C1. The van der Waals surface area contributed by atoms with E-state index in [2.05, 4.69) is 15.4 Å². The van der Waals surface area contributed by atoms with E-state index in [-0.39, 0.29) is 23.6 Å². The molecule has 30 heavy (non-hydrogen) atoms. The summed E-state index contributed by atoms with van der Waals surface area (Å²) in [7, 11) is 1.53. The molecular formula is C23H29N4O3+. The van der Waals surface area contributed by atoms with Crippen LogP contribution in [-0.4, -0.2) is 42.6 Å². The lowest BCUT2D eigenvalue weighted by atomic mass is 10.0. The highest BCUT2D eigenvalue weighted by molar-refractivity contribution is 6.35. The van der Waals surface area contributed by atoms with Crippen molar-refractivity contribution in [3.8, 4) is 22.6 Å². The summed E-state index contributed by atoms with van der Waals surface area (Å²) < 4.78 is 5.19. The third-order valence-corrected chi connectivity index (χ3v) is 5.43. The van der Waals surface area contributed by atoms with Gasteiger partial charge in [-0.2, -0.15) is 5.10 Å². The van der Waals surface area contributed by atoms with E-state index in [1.165, 1.54) is 7.11 Å². The Bertz CT molecular complexity index is 938. The zero-order valence-electron chi connectivity index (χ0n) is 17.4. The zero-order valence-corrected chi connectivity index (χ0v) is 17.4. The van der Waals surface area contributed by atoms with Crippen molar-refractivity contribution in [1.82, 2.24) is 5.32 Å². The molecule has 0 aliphatic heterocycles. The highest BCUT2D eigenvalue weighted by Gasteiger charge is 2.33. The number of hydrogen-bond acceptors (Lipinski definition) is 5. The second-order valence-corrected chi connectivity index (χ2v) is 7.40. The predicted molar refractivity (Wildman–Crippen MR) is 118 cm³/mol. The van der Waals surface area contributed by atoms with Gasteiger partial charge in [0.2, 0.25) is 11.6 Å². The number of hydrazone groups is 1. The molecule has 7 heteroatoms. The number of ether oxygens (including phenoxy) is 1. The molecular weight excluding hydrogens is 380 g/mol. The molecule has 0 radical (unpaired) electrons. The number of nitrogens with two attached hydrogens (primary N) is 1. The molecule has 1 unspecified atom stereocenters. The van der Waals surface area contributed by atoms with Crippen molar-refractivity contribution >= 4 is 17.8 Å². The molecule has 1 saturated carbocycles. The number of aromatic hydroxyl groups is 1. The van der Waals surface area contributed by atoms with Crippen molar-refractivity contribution in [1.29, 1.82) is 0 Å². The molecule has 7 nitrogen and oxygen atoms in total. The van der Waals surface area contributed by atoms with Crippen molar-refractivity contribution in [3.05, 3.63) is 48.0 Å². The van der Waals surface area contributed by atoms with Gasteiger partial charge in [0, 0.05) is 30.9 Å². The maximum Gasteiger partial charge on any atom is 0.226 e. The van der Waals surface area contributed by atoms with E-state index in [9.17, 15) is 9.90 Å². The molecule has 3 rings (SSSR count). The molecule has 2 aromatic rings. The molecule has 1 aliphatic rings. The highest BCUT2D eigenvalue weighted by atomic mass is 16.5. The summed E-state index contributed by atoms with van der Waals surface area (Å²) in [4.78, 5) is 15.6. The summed E-state index contributed by atoms with van der Waals surface area (Å²) in [6.07, 6.45) is 4.20. The van der Waals surface area contributed by atoms with Crippen molar-refractivity contribution in [2.45, 2.75) is 32.2 Å². The van der Waals surface area contributed by atoms with Crippen LogP contribution < -0.4 is 20.9 Å². The molecule has 2 aromatic carbocycles. The number of amides is 1. The Hall–Kier alpha value is -3.35. The number of rotatable bonds is 7. The second-order valence-electron chi connectivity index (χ2n) is 7.40. The molecule has 5 N–H and O–H groups in total. The molecule has 0 aromatic heterocycles. The third-order valence-electron chi connectivity index (χ3n) is 5.43. The Kier molecular flexibility index (Phi) is 7.06. The van der Waals surface area contributed by atoms with E-state index in [4.69, 9.17) is 10.6 Å². The summed E-state index contributed by atoms with van der Waals surface area (Å²) >= 11 is 0. The zero-order chi connectivity index (χ0) is 21.5. The number of nitrogens with zero attached hydrogens (tertiary/aromatic N) is 1. The van der Waals surface area contributed by atoms with Crippen molar-refractivity contribution in [2.24, 2.45) is 16.9 Å². The Labute approximate surface area is 176 Å². The number of phenolic OH excluding ortho intramolecular Hbond substituents is 1. The van der Waals surface area contributed by atoms with Gasteiger partial charge in [0.25, 0.3) is 0 Å². The lowest BCUT2D eigenvalue weighted by molar-refractivity contribution is -0.499. The summed E-state index contributed by atoms with van der Waals surface area (Å²) in [5.74, 6) is 6.15. The number of carbonyl (C=O) groups excluding carboxylic acids is 1. The Balaban J connectivity index is 1.78. The average Bonchev–Trinajstić information content (AvgIpc) is 3.23. The summed E-state index contributed by atoms with van der Waals surface area (Å²) in [6, 6.07) is 13.5. The standard InChI is InChI=1S/C23H28N4O3/c1-3-25-23(29)18-8-10-19(12-18)27-20(14-26-24)16-6-4-15(5-7-16)17-9-11-21(28)22(13-17)30-2/h4-7,9,11,13-14,18-19,28H,3,8,10,12,24H2,1-2H3,(H,25,29)/p+1/t18-,19?/m0/s1. The van der Waals surface area contributed by atoms with E-state index in [1.54, 1.807) is 18.3 Å². The second kappa shape index (κ2) is 9.91. The third kappa shape index (κ3) is 4.97. The van der Waals surface area contributed by atoms with Crippen molar-refractivity contribution in [2.75, 3.05) is 13.7 Å². The number of carbonyl (C=O) groups is 1. The van der Waals surface area contributed by atoms with Gasteiger partial charge in [-0.15, -0.1) is 0 Å². The first-order chi connectivity index (χ1) is 14.5. The summed E-state index contributed by atoms with van der Waals surface area (Å²) in [5.41, 5.74) is 3.73. The largest absolute Gasteiger partial charge is 0.504 e. The van der Waals surface area contributed by atoms with Gasteiger partial charge in [-0.05, 0) is 48.7 Å². The number of benzene rings is 2. The van der Waals surface area contributed by atoms with Gasteiger partial charge < -0.3 is 21.0 Å². The van der Waals surface area contributed by atoms with Gasteiger partial charge in [-0.1, -0.05) is 18.2 Å². The van der Waals surface area contributed by atoms with E-state index < -0.39 is 0 Å². The Morgan fingerprint density at radius 1 is 1.27 bits per heavy atom. The normalized spacial score (nSPS) is 19.2. The van der Waals surface area contributed by atoms with Crippen LogP contribution in [0.4, 0.5) is 0 Å². The van der Waals surface area contributed by atoms with Gasteiger partial charge in [0.15, 0.2) is 17.5 Å². The minimum atomic E-state index is 0.0466. The molecule has 0 spiro atoms. The first-order valence-electron chi connectivity index (χ1n) is 10.2. The van der Waals surface area contributed by atoms with Crippen LogP contribution in [-0.2, 0) is 4.79 Å². The quantitative estimate of drug-likeness (QED) is 0.313. The van der Waals surface area contributed by atoms with E-state index in [0.29, 0.717) is 12.3 Å². The van der Waals surface area contributed by atoms with Crippen LogP contribution in [0.15, 0.2) is 47.6 Å². The molecule has 1 aliphatic carbocycles. The number of hydrogen-bond donors (Lipinski definition) is 4. The Morgan fingerprint density at radius 3 is 2.67 bits per heavy atom. The molecule has 2 atom stereocenters. The van der Waals surface area contributed by atoms with Crippen LogP contribution in [0.25, 0.3) is 11.1 Å². The fourth-order valence-corrected chi connectivity index (χ4v) is 3.86. The van der Waals surface area contributed by atoms with Gasteiger partial charge in [-0.3, -0.25) is 4.79 Å². The lowest BCUT2D eigenvalue weighted by Gasteiger charge is -2.08. The topological polar surface area (TPSA) is 111 Å². The predicted octanol–water partition coefficient (Wildman–Crippen LogP) is 1.19. The number of nitrogens with one attached hydrogen (secondary N) is 2. The summed E-state index contributed by atoms with van der Waals surface area (Å²) in [6.45, 7) is 2.59. The van der Waals surface area contributed by atoms with Gasteiger partial charge in [-0.25, -0.2) is 4.99 Å². The first-order valence-corrected chi connectivity index (χ1v) is 10.2. The van der Waals surface area contributed by atoms with Crippen LogP contribution in [0.2, 0.25) is 0 Å². The average molecular weight is 410 g/mol. The highest BCUT2D eigenvalue weighted by Crippen LogP contribution is 2.31. The number of methoxy groups -OCH3 is 1. The fraction of sp³-hybridized carbons (Fsp3) is 0.348. The van der Waals surface area contributed by atoms with Crippen LogP contribution in [0.3, 0.4) is 0 Å². The maximum absolute atomic E-state index is 12.1. The molecule has 1 fully saturated rings. The lowest BCUT2D eigenvalue weighted by Crippen LogP contribution is -2.79. The van der Waals surface area contributed by atoms with Gasteiger partial charge >= 0.3 is 0 Å². The molecule has 0 heterocycles. The van der Waals surface area contributed by atoms with E-state index in [0.717, 1.165) is 41.7 Å².